The van der Waals surface area contributed by atoms with Crippen LogP contribution < -0.4 is 5.32 Å². The summed E-state index contributed by atoms with van der Waals surface area (Å²) in [4.78, 5) is 13.5. The molecule has 0 saturated carbocycles. The number of ether oxygens (including phenoxy) is 6. The van der Waals surface area contributed by atoms with Crippen molar-refractivity contribution >= 4 is 5.91 Å². The number of nitrogens with one attached hydrogen (secondary N) is 1. The summed E-state index contributed by atoms with van der Waals surface area (Å²) in [6, 6.07) is -0.971. The third-order valence-electron chi connectivity index (χ3n) is 22.5. The van der Waals surface area contributed by atoms with Gasteiger partial charge in [-0.05, 0) is 44.9 Å². The lowest BCUT2D eigenvalue weighted by Gasteiger charge is -2.48. The van der Waals surface area contributed by atoms with Crippen molar-refractivity contribution in [1.29, 1.82) is 0 Å². The molecule has 3 aliphatic heterocycles. The van der Waals surface area contributed by atoms with E-state index in [4.69, 9.17) is 28.4 Å². The Morgan fingerprint density at radius 1 is 0.330 bits per heavy atom. The lowest BCUT2D eigenvalue weighted by atomic mass is 9.96. The average Bonchev–Trinajstić information content (AvgIpc) is 0.780. The summed E-state index contributed by atoms with van der Waals surface area (Å²) in [7, 11) is 0. The van der Waals surface area contributed by atoms with E-state index < -0.39 is 124 Å². The van der Waals surface area contributed by atoms with Crippen LogP contribution in [0.25, 0.3) is 0 Å². The fourth-order valence-electron chi connectivity index (χ4n) is 15.4. The first-order valence-electron chi connectivity index (χ1n) is 44.6. The molecule has 0 bridgehead atoms. The van der Waals surface area contributed by atoms with E-state index in [1.165, 1.54) is 321 Å². The first-order chi connectivity index (χ1) is 51.8. The monoisotopic (exact) mass is 1510 g/mol. The van der Waals surface area contributed by atoms with Crippen molar-refractivity contribution in [1.82, 2.24) is 5.32 Å². The number of unbranched alkanes of at least 4 members (excludes halogenated alkanes) is 55. The van der Waals surface area contributed by atoms with Gasteiger partial charge in [-0.15, -0.1) is 0 Å². The summed E-state index contributed by atoms with van der Waals surface area (Å²) in [6.07, 6.45) is 57.8. The van der Waals surface area contributed by atoms with Crippen molar-refractivity contribution in [2.75, 3.05) is 26.4 Å². The average molecular weight is 1510 g/mol. The van der Waals surface area contributed by atoms with E-state index in [-0.39, 0.29) is 18.9 Å². The third-order valence-corrected chi connectivity index (χ3v) is 22.5. The molecule has 0 radical (unpaired) electrons. The van der Waals surface area contributed by atoms with E-state index in [1.54, 1.807) is 6.08 Å². The van der Waals surface area contributed by atoms with E-state index in [2.05, 4.69) is 31.3 Å². The van der Waals surface area contributed by atoms with Crippen LogP contribution in [0.5, 0.6) is 0 Å². The summed E-state index contributed by atoms with van der Waals surface area (Å²) in [5.74, 6) is -0.266. The quantitative estimate of drug-likeness (QED) is 0.0199. The second kappa shape index (κ2) is 67.7. The first kappa shape index (κ1) is 98.5. The summed E-state index contributed by atoms with van der Waals surface area (Å²) in [5.41, 5.74) is 0. The highest BCUT2D eigenvalue weighted by atomic mass is 16.8. The zero-order valence-electron chi connectivity index (χ0n) is 67.4. The second-order valence-corrected chi connectivity index (χ2v) is 32.1. The molecular formula is C87H165NO18. The van der Waals surface area contributed by atoms with Gasteiger partial charge >= 0.3 is 0 Å². The first-order valence-corrected chi connectivity index (χ1v) is 44.6. The molecule has 17 unspecified atom stereocenters. The Balaban J connectivity index is 1.28. The van der Waals surface area contributed by atoms with Crippen molar-refractivity contribution in [2.45, 2.75) is 497 Å². The molecule has 17 atom stereocenters. The van der Waals surface area contributed by atoms with Gasteiger partial charge in [0.05, 0.1) is 38.6 Å². The molecule has 12 N–H and O–H groups in total. The fraction of sp³-hybridized carbons (Fsp3) is 0.943. The molecule has 3 fully saturated rings. The topological polar surface area (TPSA) is 307 Å². The van der Waals surface area contributed by atoms with Gasteiger partial charge in [0.2, 0.25) is 5.91 Å². The zero-order chi connectivity index (χ0) is 76.7. The van der Waals surface area contributed by atoms with Gasteiger partial charge < -0.3 is 89.9 Å². The van der Waals surface area contributed by atoms with E-state index in [0.29, 0.717) is 6.42 Å². The number of aliphatic hydroxyl groups is 11. The molecule has 3 rings (SSSR count). The van der Waals surface area contributed by atoms with Crippen LogP contribution in [-0.2, 0) is 33.2 Å². The highest BCUT2D eigenvalue weighted by Gasteiger charge is 2.54. The molecule has 0 aromatic heterocycles. The number of allylic oxidation sites excluding steroid dienone is 3. The van der Waals surface area contributed by atoms with Gasteiger partial charge in [-0.2, -0.15) is 0 Å². The molecule has 106 heavy (non-hydrogen) atoms. The minimum absolute atomic E-state index is 0.249. The van der Waals surface area contributed by atoms with Crippen molar-refractivity contribution in [2.24, 2.45) is 0 Å². The Labute approximate surface area is 645 Å². The number of rotatable bonds is 73. The zero-order valence-corrected chi connectivity index (χ0v) is 67.4. The standard InChI is InChI=1S/C87H165NO18/c1-3-5-7-9-11-13-15-17-19-21-23-25-26-27-28-29-30-31-32-33-34-35-36-37-38-39-40-41-42-43-44-45-47-49-51-53-55-57-59-61-63-65-75(93)88-70(71(92)64-62-60-58-56-54-52-50-48-46-24-22-20-18-16-14-12-10-8-6-4-2)69-101-85-81(99)78(96)83(73(67-90)103-85)106-87-82(100)79(97)84(74(68-91)104-87)105-86-80(98)77(95)76(94)72(66-89)102-86/h21,23,62,64,70-74,76-87,89-92,94-100H,3-20,22,24-61,63,65-69H2,1-2H3,(H,88,93)/b23-21-,64-62+. The predicted octanol–water partition coefficient (Wildman–Crippen LogP) is 16.5. The Morgan fingerprint density at radius 2 is 0.594 bits per heavy atom. The van der Waals surface area contributed by atoms with Crippen molar-refractivity contribution in [3.8, 4) is 0 Å². The van der Waals surface area contributed by atoms with Crippen LogP contribution in [0.3, 0.4) is 0 Å². The van der Waals surface area contributed by atoms with Crippen LogP contribution in [0.15, 0.2) is 24.3 Å². The summed E-state index contributed by atoms with van der Waals surface area (Å²) in [6.45, 7) is 1.80. The van der Waals surface area contributed by atoms with Crippen molar-refractivity contribution in [3.63, 3.8) is 0 Å². The summed E-state index contributed by atoms with van der Waals surface area (Å²) < 4.78 is 34.5. The Bertz CT molecular complexity index is 2000. The molecule has 0 spiro atoms. The van der Waals surface area contributed by atoms with Gasteiger partial charge in [0.15, 0.2) is 18.9 Å². The number of hydrogen-bond donors (Lipinski definition) is 12. The van der Waals surface area contributed by atoms with Crippen molar-refractivity contribution < 1.29 is 89.4 Å². The Morgan fingerprint density at radius 3 is 0.915 bits per heavy atom. The summed E-state index contributed by atoms with van der Waals surface area (Å²) in [5, 5.41) is 121. The molecule has 0 aromatic rings. The largest absolute Gasteiger partial charge is 0.394 e. The van der Waals surface area contributed by atoms with Crippen molar-refractivity contribution in [3.05, 3.63) is 24.3 Å². The molecule has 1 amide bonds. The lowest BCUT2D eigenvalue weighted by Crippen LogP contribution is -2.66. The second-order valence-electron chi connectivity index (χ2n) is 32.1. The molecule has 3 heterocycles. The smallest absolute Gasteiger partial charge is 0.220 e. The molecule has 3 aliphatic rings. The van der Waals surface area contributed by atoms with E-state index in [0.717, 1.165) is 44.9 Å². The minimum Gasteiger partial charge on any atom is -0.394 e. The van der Waals surface area contributed by atoms with E-state index in [9.17, 15) is 61.0 Å². The molecule has 19 nitrogen and oxygen atoms in total. The van der Waals surface area contributed by atoms with Crippen LogP contribution in [0, 0.1) is 0 Å². The van der Waals surface area contributed by atoms with Crippen LogP contribution in [0.1, 0.15) is 393 Å². The van der Waals surface area contributed by atoms with Gasteiger partial charge in [0.25, 0.3) is 0 Å². The maximum atomic E-state index is 13.5. The molecule has 19 heteroatoms. The highest BCUT2D eigenvalue weighted by Crippen LogP contribution is 2.34. The van der Waals surface area contributed by atoms with E-state index >= 15 is 0 Å². The van der Waals surface area contributed by atoms with E-state index in [1.807, 2.05) is 6.08 Å². The minimum atomic E-state index is -1.98. The number of hydrogen-bond acceptors (Lipinski definition) is 18. The number of aliphatic hydroxyl groups excluding tert-OH is 11. The molecule has 626 valence electrons. The van der Waals surface area contributed by atoms with Crippen LogP contribution >= 0.6 is 0 Å². The molecular weight excluding hydrogens is 1350 g/mol. The Kier molecular flexibility index (Phi) is 62.9. The predicted molar refractivity (Wildman–Crippen MR) is 425 cm³/mol. The van der Waals surface area contributed by atoms with Crippen LogP contribution in [0.2, 0.25) is 0 Å². The SMILES string of the molecule is CCCCCCCCCC/C=C\CCCCCCCCCCCCCCCCCCCCCCCCCCCCCCCC(=O)NC(COC1OC(CO)C(OC2OC(CO)C(OC3OC(CO)C(O)C(O)C3O)C(O)C2O)C(O)C1O)C(O)/C=C/CCCCCCCCCCCCCCCCCCCC. The molecule has 0 aliphatic carbocycles. The van der Waals surface area contributed by atoms with Gasteiger partial charge in [-0.1, -0.05) is 366 Å². The maximum Gasteiger partial charge on any atom is 0.220 e. The third kappa shape index (κ3) is 46.4. The van der Waals surface area contributed by atoms with Gasteiger partial charge in [0.1, 0.15) is 73.2 Å². The van der Waals surface area contributed by atoms with Crippen LogP contribution in [0.4, 0.5) is 0 Å². The summed E-state index contributed by atoms with van der Waals surface area (Å²) >= 11 is 0. The lowest BCUT2D eigenvalue weighted by molar-refractivity contribution is -0.379. The fourth-order valence-corrected chi connectivity index (χ4v) is 15.4. The highest BCUT2D eigenvalue weighted by molar-refractivity contribution is 5.76. The molecule has 3 saturated heterocycles. The molecule has 0 aromatic carbocycles. The number of carbonyl (C=O) groups excluding carboxylic acids is 1. The van der Waals surface area contributed by atoms with Gasteiger partial charge in [0, 0.05) is 6.42 Å². The maximum absolute atomic E-state index is 13.5. The van der Waals surface area contributed by atoms with Gasteiger partial charge in [-0.3, -0.25) is 4.79 Å². The number of carbonyl (C=O) groups is 1. The Hall–Kier alpha value is -1.73. The van der Waals surface area contributed by atoms with Crippen LogP contribution in [-0.4, -0.2) is 193 Å². The van der Waals surface area contributed by atoms with Gasteiger partial charge in [-0.25, -0.2) is 0 Å². The normalized spacial score (nSPS) is 25.7. The number of amides is 1.